The van der Waals surface area contributed by atoms with Crippen LogP contribution < -0.4 is 5.32 Å². The van der Waals surface area contributed by atoms with Gasteiger partial charge >= 0.3 is 0 Å². The van der Waals surface area contributed by atoms with Gasteiger partial charge in [0.2, 0.25) is 0 Å². The molecule has 2 heterocycles. The molecule has 3 nitrogen and oxygen atoms in total. The van der Waals surface area contributed by atoms with Crippen molar-refractivity contribution in [2.24, 2.45) is 0 Å². The lowest BCUT2D eigenvalue weighted by atomic mass is 10.1. The fourth-order valence-electron chi connectivity index (χ4n) is 2.08. The molecule has 0 saturated heterocycles. The molecule has 0 spiro atoms. The number of hydrogen-bond acceptors (Lipinski definition) is 3. The topological polar surface area (TPSA) is 37.8 Å². The van der Waals surface area contributed by atoms with E-state index in [1.165, 1.54) is 0 Å². The quantitative estimate of drug-likeness (QED) is 0.764. The van der Waals surface area contributed by atoms with Crippen molar-refractivity contribution in [2.45, 2.75) is 0 Å². The van der Waals surface area contributed by atoms with Crippen molar-refractivity contribution < 1.29 is 0 Å². The zero-order chi connectivity index (χ0) is 13.2. The van der Waals surface area contributed by atoms with Gasteiger partial charge in [-0.05, 0) is 36.4 Å². The normalized spacial score (nSPS) is 10.6. The maximum atomic E-state index is 6.30. The maximum absolute atomic E-state index is 6.30. The predicted molar refractivity (Wildman–Crippen MR) is 79.5 cm³/mol. The van der Waals surface area contributed by atoms with Gasteiger partial charge in [-0.3, -0.25) is 9.97 Å². The lowest BCUT2D eigenvalue weighted by Gasteiger charge is -2.09. The van der Waals surface area contributed by atoms with Gasteiger partial charge in [-0.15, -0.1) is 0 Å². The predicted octanol–water partition coefficient (Wildman–Crippen LogP) is 3.99. The van der Waals surface area contributed by atoms with Gasteiger partial charge in [-0.1, -0.05) is 11.6 Å². The number of pyridine rings is 2. The van der Waals surface area contributed by atoms with Gasteiger partial charge in [-0.25, -0.2) is 0 Å². The largest absolute Gasteiger partial charge is 0.388 e. The fraction of sp³-hybridized carbons (Fsp3) is 0.0667. The Bertz CT molecular complexity index is 735. The zero-order valence-corrected chi connectivity index (χ0v) is 11.1. The monoisotopic (exact) mass is 269 g/mol. The van der Waals surface area contributed by atoms with Crippen LogP contribution >= 0.6 is 11.6 Å². The van der Waals surface area contributed by atoms with E-state index in [0.29, 0.717) is 5.02 Å². The summed E-state index contributed by atoms with van der Waals surface area (Å²) < 4.78 is 0. The number of benzene rings is 1. The van der Waals surface area contributed by atoms with Crippen molar-refractivity contribution in [3.05, 3.63) is 53.8 Å². The van der Waals surface area contributed by atoms with Crippen molar-refractivity contribution in [2.75, 3.05) is 12.4 Å². The Labute approximate surface area is 116 Å². The Balaban J connectivity index is 2.30. The molecule has 0 aliphatic heterocycles. The van der Waals surface area contributed by atoms with E-state index in [4.69, 9.17) is 11.6 Å². The Morgan fingerprint density at radius 1 is 1.05 bits per heavy atom. The number of nitrogens with zero attached hydrogens (tertiary/aromatic N) is 2. The Kier molecular flexibility index (Phi) is 3.05. The second-order valence-corrected chi connectivity index (χ2v) is 4.58. The molecule has 3 rings (SSSR count). The first-order valence-electron chi connectivity index (χ1n) is 5.97. The third-order valence-electron chi connectivity index (χ3n) is 3.04. The lowest BCUT2D eigenvalue weighted by molar-refractivity contribution is 1.32. The van der Waals surface area contributed by atoms with Crippen LogP contribution in [0.15, 0.2) is 48.8 Å². The summed E-state index contributed by atoms with van der Waals surface area (Å²) >= 11 is 6.30. The molecule has 2 aromatic heterocycles. The molecular formula is C15H12ClN3. The van der Waals surface area contributed by atoms with Crippen LogP contribution in [0, 0.1) is 0 Å². The summed E-state index contributed by atoms with van der Waals surface area (Å²) in [5.74, 6) is 0. The first kappa shape index (κ1) is 11.9. The van der Waals surface area contributed by atoms with Crippen LogP contribution in [0.1, 0.15) is 0 Å². The molecule has 4 heteroatoms. The third-order valence-corrected chi connectivity index (χ3v) is 3.37. The molecule has 0 atom stereocenters. The van der Waals surface area contributed by atoms with Gasteiger partial charge in [0.05, 0.1) is 16.2 Å². The van der Waals surface area contributed by atoms with Crippen molar-refractivity contribution in [3.63, 3.8) is 0 Å². The molecule has 0 bridgehead atoms. The van der Waals surface area contributed by atoms with Gasteiger partial charge in [0.25, 0.3) is 0 Å². The van der Waals surface area contributed by atoms with Crippen molar-refractivity contribution in [1.29, 1.82) is 0 Å². The minimum absolute atomic E-state index is 0.683. The van der Waals surface area contributed by atoms with Gasteiger partial charge < -0.3 is 5.32 Å². The van der Waals surface area contributed by atoms with E-state index in [9.17, 15) is 0 Å². The van der Waals surface area contributed by atoms with Gasteiger partial charge in [-0.2, -0.15) is 0 Å². The Hall–Kier alpha value is -2.13. The zero-order valence-electron chi connectivity index (χ0n) is 10.4. The smallest absolute Gasteiger partial charge is 0.0811 e. The minimum Gasteiger partial charge on any atom is -0.388 e. The molecule has 0 aliphatic carbocycles. The molecule has 94 valence electrons. The highest BCUT2D eigenvalue weighted by Crippen LogP contribution is 2.32. The number of rotatable bonds is 2. The molecule has 0 unspecified atom stereocenters. The van der Waals surface area contributed by atoms with Gasteiger partial charge in [0.1, 0.15) is 0 Å². The number of halogens is 1. The summed E-state index contributed by atoms with van der Waals surface area (Å²) in [5.41, 5.74) is 3.68. The van der Waals surface area contributed by atoms with E-state index >= 15 is 0 Å². The lowest BCUT2D eigenvalue weighted by Crippen LogP contribution is -1.92. The second-order valence-electron chi connectivity index (χ2n) is 4.17. The Morgan fingerprint density at radius 3 is 2.79 bits per heavy atom. The van der Waals surface area contributed by atoms with E-state index in [1.54, 1.807) is 12.4 Å². The standard InChI is InChI=1S/C15H12ClN3/c1-17-10-4-5-13(16)12(9-10)15-11-3-2-7-18-14(11)6-8-19-15/h2-9,17H,1H3. The SMILES string of the molecule is CNc1ccc(Cl)c(-c2nccc3ncccc23)c1. The van der Waals surface area contributed by atoms with E-state index < -0.39 is 0 Å². The summed E-state index contributed by atoms with van der Waals surface area (Å²) in [6, 6.07) is 11.6. The molecule has 19 heavy (non-hydrogen) atoms. The van der Waals surface area contributed by atoms with Crippen LogP contribution in [0.3, 0.4) is 0 Å². The third kappa shape index (κ3) is 2.13. The summed E-state index contributed by atoms with van der Waals surface area (Å²) in [5, 5.41) is 4.79. The number of fused-ring (bicyclic) bond motifs is 1. The molecule has 3 aromatic rings. The highest BCUT2D eigenvalue weighted by atomic mass is 35.5. The maximum Gasteiger partial charge on any atom is 0.0811 e. The van der Waals surface area contributed by atoms with Gasteiger partial charge in [0, 0.05) is 36.1 Å². The van der Waals surface area contributed by atoms with E-state index in [-0.39, 0.29) is 0 Å². The van der Waals surface area contributed by atoms with Crippen LogP contribution in [0.25, 0.3) is 22.2 Å². The summed E-state index contributed by atoms with van der Waals surface area (Å²) in [7, 11) is 1.88. The van der Waals surface area contributed by atoms with E-state index in [2.05, 4.69) is 15.3 Å². The molecule has 0 radical (unpaired) electrons. The van der Waals surface area contributed by atoms with Crippen molar-refractivity contribution >= 4 is 28.2 Å². The first-order chi connectivity index (χ1) is 9.29. The van der Waals surface area contributed by atoms with E-state index in [1.807, 2.05) is 43.4 Å². The molecule has 1 N–H and O–H groups in total. The summed E-state index contributed by atoms with van der Waals surface area (Å²) in [4.78, 5) is 8.80. The summed E-state index contributed by atoms with van der Waals surface area (Å²) in [6.45, 7) is 0. The Morgan fingerprint density at radius 2 is 1.95 bits per heavy atom. The highest BCUT2D eigenvalue weighted by Gasteiger charge is 2.10. The number of hydrogen-bond donors (Lipinski definition) is 1. The summed E-state index contributed by atoms with van der Waals surface area (Å²) in [6.07, 6.45) is 3.53. The number of anilines is 1. The van der Waals surface area contributed by atoms with Gasteiger partial charge in [0.15, 0.2) is 0 Å². The van der Waals surface area contributed by atoms with Crippen LogP contribution in [-0.4, -0.2) is 17.0 Å². The molecule has 0 fully saturated rings. The average Bonchev–Trinajstić information content (AvgIpc) is 2.47. The van der Waals surface area contributed by atoms with E-state index in [0.717, 1.165) is 27.8 Å². The van der Waals surface area contributed by atoms with Crippen molar-refractivity contribution in [1.82, 2.24) is 9.97 Å². The molecule has 0 aliphatic rings. The average molecular weight is 270 g/mol. The van der Waals surface area contributed by atoms with Crippen LogP contribution in [-0.2, 0) is 0 Å². The number of nitrogens with one attached hydrogen (secondary N) is 1. The van der Waals surface area contributed by atoms with Crippen LogP contribution in [0.4, 0.5) is 5.69 Å². The molecular weight excluding hydrogens is 258 g/mol. The minimum atomic E-state index is 0.683. The molecule has 0 amide bonds. The first-order valence-corrected chi connectivity index (χ1v) is 6.35. The van der Waals surface area contributed by atoms with Crippen molar-refractivity contribution in [3.8, 4) is 11.3 Å². The fourth-order valence-corrected chi connectivity index (χ4v) is 2.29. The second kappa shape index (κ2) is 4.86. The number of aromatic nitrogens is 2. The van der Waals surface area contributed by atoms with Crippen LogP contribution in [0.5, 0.6) is 0 Å². The van der Waals surface area contributed by atoms with Crippen LogP contribution in [0.2, 0.25) is 5.02 Å². The molecule has 1 aromatic carbocycles. The highest BCUT2D eigenvalue weighted by molar-refractivity contribution is 6.33. The molecule has 0 saturated carbocycles.